The number of hydrogen-bond acceptors (Lipinski definition) is 5. The minimum absolute atomic E-state index is 0. The van der Waals surface area contributed by atoms with E-state index in [2.05, 4.69) is 0 Å². The molecule has 114 valence electrons. The van der Waals surface area contributed by atoms with Crippen LogP contribution in [0.5, 0.6) is 11.5 Å². The van der Waals surface area contributed by atoms with Gasteiger partial charge < -0.3 is 19.7 Å². The van der Waals surface area contributed by atoms with E-state index in [0.717, 1.165) is 0 Å². The van der Waals surface area contributed by atoms with Crippen LogP contribution in [0.4, 0.5) is 0 Å². The number of ether oxygens (including phenoxy) is 1. The molecule has 0 aromatic heterocycles. The molecule has 0 aliphatic rings. The van der Waals surface area contributed by atoms with E-state index in [1.54, 1.807) is 0 Å². The van der Waals surface area contributed by atoms with Crippen LogP contribution in [0.15, 0.2) is 36.4 Å². The number of carboxylic acids is 1. The zero-order valence-electron chi connectivity index (χ0n) is 12.0. The van der Waals surface area contributed by atoms with E-state index in [1.165, 1.54) is 36.4 Å². The van der Waals surface area contributed by atoms with Crippen molar-refractivity contribution in [3.63, 3.8) is 0 Å². The van der Waals surface area contributed by atoms with Crippen molar-refractivity contribution < 1.29 is 75.9 Å². The fourth-order valence-electron chi connectivity index (χ4n) is 1.72. The van der Waals surface area contributed by atoms with Crippen LogP contribution in [-0.2, 0) is 4.79 Å². The van der Waals surface area contributed by atoms with Gasteiger partial charge in [0, 0.05) is 11.1 Å². The molecule has 0 spiro atoms. The second-order valence-corrected chi connectivity index (χ2v) is 5.03. The molecule has 2 aromatic rings. The zero-order chi connectivity index (χ0) is 16.3. The second kappa shape index (κ2) is 9.03. The molecule has 0 heterocycles. The van der Waals surface area contributed by atoms with Crippen molar-refractivity contribution >= 4 is 35.0 Å². The molecule has 1 N–H and O–H groups in total. The van der Waals surface area contributed by atoms with E-state index < -0.39 is 18.4 Å². The Labute approximate surface area is 184 Å². The zero-order valence-corrected chi connectivity index (χ0v) is 16.6. The number of phenols is 1. The van der Waals surface area contributed by atoms with Crippen LogP contribution in [0.1, 0.15) is 15.9 Å². The summed E-state index contributed by atoms with van der Waals surface area (Å²) in [4.78, 5) is 22.7. The van der Waals surface area contributed by atoms with Crippen LogP contribution >= 0.6 is 23.2 Å². The molecule has 0 saturated heterocycles. The van der Waals surface area contributed by atoms with Crippen LogP contribution in [0.3, 0.4) is 0 Å². The topological polar surface area (TPSA) is 86.7 Å². The summed E-state index contributed by atoms with van der Waals surface area (Å²) in [6.07, 6.45) is 0. The normalized spacial score (nSPS) is 9.83. The van der Waals surface area contributed by atoms with Gasteiger partial charge in [0.1, 0.15) is 23.1 Å². The van der Waals surface area contributed by atoms with Gasteiger partial charge in [-0.05, 0) is 36.4 Å². The number of ketones is 1. The summed E-state index contributed by atoms with van der Waals surface area (Å²) in [6, 6.07) is 8.38. The van der Waals surface area contributed by atoms with Crippen molar-refractivity contribution in [1.82, 2.24) is 0 Å². The van der Waals surface area contributed by atoms with E-state index >= 15 is 0 Å². The van der Waals surface area contributed by atoms with Crippen molar-refractivity contribution in [2.45, 2.75) is 0 Å². The molecule has 0 unspecified atom stereocenters. The van der Waals surface area contributed by atoms with Crippen molar-refractivity contribution in [2.75, 3.05) is 6.61 Å². The van der Waals surface area contributed by atoms with E-state index in [0.29, 0.717) is 5.56 Å². The summed E-state index contributed by atoms with van der Waals surface area (Å²) in [5.74, 6) is -1.72. The Balaban J connectivity index is 0.00000264. The predicted octanol–water partition coefficient (Wildman–Crippen LogP) is -0.937. The van der Waals surface area contributed by atoms with Gasteiger partial charge in [0.25, 0.3) is 0 Å². The number of carbonyl (C=O) groups is 2. The molecular formula is C15H9Cl2KO5. The summed E-state index contributed by atoms with van der Waals surface area (Å²) in [6.45, 7) is -0.679. The Morgan fingerprint density at radius 1 is 1.04 bits per heavy atom. The summed E-state index contributed by atoms with van der Waals surface area (Å²) >= 11 is 12.0. The Hall–Kier alpha value is -0.604. The number of hydrogen-bond donors (Lipinski definition) is 1. The fourth-order valence-corrected chi connectivity index (χ4v) is 2.18. The maximum Gasteiger partial charge on any atom is 1.00 e. The molecule has 0 atom stereocenters. The van der Waals surface area contributed by atoms with Crippen LogP contribution in [0, 0.1) is 0 Å². The number of aliphatic carboxylic acids is 1. The van der Waals surface area contributed by atoms with Crippen molar-refractivity contribution in [2.24, 2.45) is 0 Å². The van der Waals surface area contributed by atoms with Gasteiger partial charge in [-0.15, -0.1) is 0 Å². The Bertz CT molecular complexity index is 731. The number of rotatable bonds is 5. The molecular weight excluding hydrogens is 370 g/mol. The fraction of sp³-hybridized carbons (Fsp3) is 0.0667. The number of aromatic hydroxyl groups is 1. The van der Waals surface area contributed by atoms with E-state index in [9.17, 15) is 19.8 Å². The van der Waals surface area contributed by atoms with Gasteiger partial charge in [-0.1, -0.05) is 23.2 Å². The van der Waals surface area contributed by atoms with Gasteiger partial charge >= 0.3 is 51.4 Å². The smallest absolute Gasteiger partial charge is 0.546 e. The molecule has 2 rings (SSSR count). The Kier molecular flexibility index (Phi) is 8.03. The minimum Gasteiger partial charge on any atom is -0.546 e. The summed E-state index contributed by atoms with van der Waals surface area (Å²) in [5, 5.41) is 19.5. The summed E-state index contributed by atoms with van der Waals surface area (Å²) < 4.78 is 4.91. The number of carboxylic acid groups (broad SMARTS) is 1. The minimum atomic E-state index is -1.41. The summed E-state index contributed by atoms with van der Waals surface area (Å²) in [5.41, 5.74) is 0.456. The molecule has 0 aliphatic heterocycles. The Morgan fingerprint density at radius 3 is 2.22 bits per heavy atom. The number of carbonyl (C=O) groups excluding carboxylic acids is 2. The quantitative estimate of drug-likeness (QED) is 0.536. The molecule has 0 aliphatic carbocycles. The molecule has 0 radical (unpaired) electrons. The third-order valence-electron chi connectivity index (χ3n) is 2.77. The molecule has 2 aromatic carbocycles. The largest absolute Gasteiger partial charge is 1.00 e. The molecule has 8 heteroatoms. The predicted molar refractivity (Wildman–Crippen MR) is 78.5 cm³/mol. The molecule has 0 amide bonds. The molecule has 0 bridgehead atoms. The molecule has 0 saturated carbocycles. The Morgan fingerprint density at radius 2 is 1.65 bits per heavy atom. The van der Waals surface area contributed by atoms with Crippen LogP contribution in [0.25, 0.3) is 0 Å². The SMILES string of the molecule is O=C([O-])COc1ccc(C(=O)c2ccc(O)cc2)c(Cl)c1Cl.[K+]. The van der Waals surface area contributed by atoms with Gasteiger partial charge in [-0.2, -0.15) is 0 Å². The van der Waals surface area contributed by atoms with Crippen molar-refractivity contribution in [1.29, 1.82) is 0 Å². The maximum atomic E-state index is 12.3. The first-order chi connectivity index (χ1) is 10.4. The average Bonchev–Trinajstić information content (AvgIpc) is 2.49. The number of halogens is 2. The van der Waals surface area contributed by atoms with Crippen LogP contribution < -0.4 is 61.2 Å². The van der Waals surface area contributed by atoms with Crippen molar-refractivity contribution in [3.05, 3.63) is 57.6 Å². The third-order valence-corrected chi connectivity index (χ3v) is 3.63. The standard InChI is InChI=1S/C15H10Cl2O5.K/c16-13-10(15(21)8-1-3-9(18)4-2-8)5-6-11(14(13)17)22-7-12(19)20;/h1-6,18H,7H2,(H,19,20);/q;+1/p-1. The third kappa shape index (κ3) is 5.19. The molecule has 23 heavy (non-hydrogen) atoms. The maximum absolute atomic E-state index is 12.3. The molecule has 5 nitrogen and oxygen atoms in total. The van der Waals surface area contributed by atoms with E-state index in [1.807, 2.05) is 0 Å². The first-order valence-electron chi connectivity index (χ1n) is 6.04. The van der Waals surface area contributed by atoms with E-state index in [-0.39, 0.29) is 78.5 Å². The van der Waals surface area contributed by atoms with Gasteiger partial charge in [-0.25, -0.2) is 0 Å². The number of phenolic OH excluding ortho intramolecular Hbond substituents is 1. The van der Waals surface area contributed by atoms with E-state index in [4.69, 9.17) is 27.9 Å². The first-order valence-corrected chi connectivity index (χ1v) is 6.80. The average molecular weight is 379 g/mol. The summed E-state index contributed by atoms with van der Waals surface area (Å²) in [7, 11) is 0. The second-order valence-electron chi connectivity index (χ2n) is 4.28. The van der Waals surface area contributed by atoms with Gasteiger partial charge in [-0.3, -0.25) is 4.79 Å². The number of benzene rings is 2. The van der Waals surface area contributed by atoms with Gasteiger partial charge in [0.15, 0.2) is 5.78 Å². The van der Waals surface area contributed by atoms with Crippen molar-refractivity contribution in [3.8, 4) is 11.5 Å². The first kappa shape index (κ1) is 20.4. The van der Waals surface area contributed by atoms with Gasteiger partial charge in [0.05, 0.1) is 11.0 Å². The van der Waals surface area contributed by atoms with Crippen LogP contribution in [-0.4, -0.2) is 23.5 Å². The van der Waals surface area contributed by atoms with Gasteiger partial charge in [0.2, 0.25) is 0 Å². The van der Waals surface area contributed by atoms with Crippen LogP contribution in [0.2, 0.25) is 10.0 Å². The monoisotopic (exact) mass is 378 g/mol. The molecule has 0 fully saturated rings.